The quantitative estimate of drug-likeness (QED) is 0.398. The summed E-state index contributed by atoms with van der Waals surface area (Å²) in [5.41, 5.74) is 4.00. The maximum absolute atomic E-state index is 5.87. The van der Waals surface area contributed by atoms with E-state index >= 15 is 0 Å². The summed E-state index contributed by atoms with van der Waals surface area (Å²) in [7, 11) is 3.29. The van der Waals surface area contributed by atoms with Crippen molar-refractivity contribution in [2.75, 3.05) is 19.1 Å². The second-order valence-corrected chi connectivity index (χ2v) is 8.34. The van der Waals surface area contributed by atoms with E-state index in [0.717, 1.165) is 28.4 Å². The van der Waals surface area contributed by atoms with Gasteiger partial charge in [0.1, 0.15) is 17.5 Å². The molecule has 1 aliphatic rings. The van der Waals surface area contributed by atoms with Crippen LogP contribution < -0.4 is 19.7 Å². The molecule has 172 valence electrons. The second kappa shape index (κ2) is 9.52. The lowest BCUT2D eigenvalue weighted by Crippen LogP contribution is -2.30. The van der Waals surface area contributed by atoms with E-state index in [0.29, 0.717) is 17.4 Å². The maximum atomic E-state index is 5.87. The highest BCUT2D eigenvalue weighted by Gasteiger charge is 2.43. The number of benzene rings is 1. The minimum Gasteiger partial charge on any atom is -0.497 e. The van der Waals surface area contributed by atoms with E-state index in [4.69, 9.17) is 21.7 Å². The molecular formula is C26H25N5O2S. The SMILES string of the molecule is COc1ccc(N2C(=S)N[C@@H](c3ccccn3)[C@H]2c2cccn2Cc2cccnc2)c(OC)c1. The number of nitrogens with one attached hydrogen (secondary N) is 1. The molecule has 5 rings (SSSR count). The first-order valence-electron chi connectivity index (χ1n) is 11.0. The number of pyridine rings is 2. The Morgan fingerprint density at radius 1 is 1.00 bits per heavy atom. The molecular weight excluding hydrogens is 446 g/mol. The van der Waals surface area contributed by atoms with Gasteiger partial charge < -0.3 is 24.3 Å². The summed E-state index contributed by atoms with van der Waals surface area (Å²) in [6, 6.07) is 19.6. The van der Waals surface area contributed by atoms with Gasteiger partial charge in [0.05, 0.1) is 31.6 Å². The fourth-order valence-corrected chi connectivity index (χ4v) is 4.77. The van der Waals surface area contributed by atoms with Crippen molar-refractivity contribution in [3.63, 3.8) is 0 Å². The van der Waals surface area contributed by atoms with Gasteiger partial charge in [-0.15, -0.1) is 0 Å². The van der Waals surface area contributed by atoms with Crippen LogP contribution in [0.4, 0.5) is 5.69 Å². The van der Waals surface area contributed by atoms with Crippen LogP contribution >= 0.6 is 12.2 Å². The van der Waals surface area contributed by atoms with E-state index in [1.165, 1.54) is 0 Å². The van der Waals surface area contributed by atoms with Crippen molar-refractivity contribution in [3.8, 4) is 11.5 Å². The molecule has 0 aliphatic carbocycles. The molecule has 0 spiro atoms. The van der Waals surface area contributed by atoms with Crippen LogP contribution in [0.5, 0.6) is 11.5 Å². The molecule has 34 heavy (non-hydrogen) atoms. The van der Waals surface area contributed by atoms with Gasteiger partial charge in [-0.2, -0.15) is 0 Å². The predicted molar refractivity (Wildman–Crippen MR) is 135 cm³/mol. The van der Waals surface area contributed by atoms with E-state index in [1.807, 2.05) is 54.9 Å². The Labute approximate surface area is 204 Å². The first-order chi connectivity index (χ1) is 16.7. The normalized spacial score (nSPS) is 17.5. The molecule has 1 fully saturated rings. The van der Waals surface area contributed by atoms with Gasteiger partial charge in [0, 0.05) is 43.1 Å². The van der Waals surface area contributed by atoms with Crippen molar-refractivity contribution < 1.29 is 9.47 Å². The fraction of sp³-hybridized carbons (Fsp3) is 0.192. The molecule has 0 radical (unpaired) electrons. The number of nitrogens with zero attached hydrogens (tertiary/aromatic N) is 4. The van der Waals surface area contributed by atoms with Gasteiger partial charge in [0.25, 0.3) is 0 Å². The zero-order valence-electron chi connectivity index (χ0n) is 19.0. The molecule has 4 heterocycles. The zero-order valence-corrected chi connectivity index (χ0v) is 19.8. The third-order valence-electron chi connectivity index (χ3n) is 5.99. The molecule has 3 aromatic heterocycles. The predicted octanol–water partition coefficient (Wildman–Crippen LogP) is 4.52. The van der Waals surface area contributed by atoms with E-state index in [9.17, 15) is 0 Å². The van der Waals surface area contributed by atoms with Crippen LogP contribution in [0.2, 0.25) is 0 Å². The molecule has 0 bridgehead atoms. The number of hydrogen-bond acceptors (Lipinski definition) is 5. The average Bonchev–Trinajstić information content (AvgIpc) is 3.48. The summed E-state index contributed by atoms with van der Waals surface area (Å²) >= 11 is 5.87. The summed E-state index contributed by atoms with van der Waals surface area (Å²) in [5, 5.41) is 4.12. The standard InChI is InChI=1S/C26H25N5O2S/c1-32-19-10-11-21(23(15-19)33-2)31-25(24(29-26(31)34)20-8-3-4-13-28-20)22-9-6-14-30(22)17-18-7-5-12-27-16-18/h3-16,24-25H,17H2,1-2H3,(H,29,34)/t24-,25+/m0/s1. The van der Waals surface area contributed by atoms with Gasteiger partial charge in [-0.05, 0) is 60.2 Å². The van der Waals surface area contributed by atoms with Gasteiger partial charge in [0.2, 0.25) is 0 Å². The van der Waals surface area contributed by atoms with Crippen LogP contribution in [0.15, 0.2) is 85.5 Å². The number of thiocarbonyl (C=S) groups is 1. The molecule has 1 aliphatic heterocycles. The number of hydrogen-bond donors (Lipinski definition) is 1. The Kier molecular flexibility index (Phi) is 6.14. The summed E-state index contributed by atoms with van der Waals surface area (Å²) in [4.78, 5) is 11.0. The van der Waals surface area contributed by atoms with Gasteiger partial charge in [-0.3, -0.25) is 9.97 Å². The number of ether oxygens (including phenoxy) is 2. The zero-order chi connectivity index (χ0) is 23.5. The third kappa shape index (κ3) is 4.08. The number of methoxy groups -OCH3 is 2. The highest BCUT2D eigenvalue weighted by Crippen LogP contribution is 2.45. The van der Waals surface area contributed by atoms with Gasteiger partial charge in [-0.25, -0.2) is 0 Å². The molecule has 1 saturated heterocycles. The molecule has 1 aromatic carbocycles. The molecule has 2 atom stereocenters. The molecule has 0 amide bonds. The molecule has 1 N–H and O–H groups in total. The van der Waals surface area contributed by atoms with Crippen molar-refractivity contribution in [2.24, 2.45) is 0 Å². The van der Waals surface area contributed by atoms with E-state index in [1.54, 1.807) is 20.4 Å². The van der Waals surface area contributed by atoms with Crippen molar-refractivity contribution in [1.82, 2.24) is 19.9 Å². The number of anilines is 1. The van der Waals surface area contributed by atoms with Crippen LogP contribution in [-0.4, -0.2) is 33.9 Å². The Morgan fingerprint density at radius 2 is 1.91 bits per heavy atom. The van der Waals surface area contributed by atoms with Crippen LogP contribution in [0.25, 0.3) is 0 Å². The molecule has 0 saturated carbocycles. The van der Waals surface area contributed by atoms with Gasteiger partial charge in [-0.1, -0.05) is 12.1 Å². The largest absolute Gasteiger partial charge is 0.497 e. The first kappa shape index (κ1) is 21.9. The second-order valence-electron chi connectivity index (χ2n) is 7.96. The lowest BCUT2D eigenvalue weighted by atomic mass is 10.0. The third-order valence-corrected chi connectivity index (χ3v) is 6.30. The number of aromatic nitrogens is 3. The van der Waals surface area contributed by atoms with Gasteiger partial charge in [0.15, 0.2) is 5.11 Å². The molecule has 8 heteroatoms. The maximum Gasteiger partial charge on any atom is 0.174 e. The van der Waals surface area contributed by atoms with E-state index in [-0.39, 0.29) is 12.1 Å². The topological polar surface area (TPSA) is 64.4 Å². The number of rotatable bonds is 7. The molecule has 7 nitrogen and oxygen atoms in total. The lowest BCUT2D eigenvalue weighted by molar-refractivity contribution is 0.394. The van der Waals surface area contributed by atoms with E-state index < -0.39 is 0 Å². The molecule has 0 unspecified atom stereocenters. The smallest absolute Gasteiger partial charge is 0.174 e. The fourth-order valence-electron chi connectivity index (χ4n) is 4.43. The lowest BCUT2D eigenvalue weighted by Gasteiger charge is -2.30. The summed E-state index contributed by atoms with van der Waals surface area (Å²) in [6.45, 7) is 0.696. The Morgan fingerprint density at radius 3 is 2.65 bits per heavy atom. The molecule has 4 aromatic rings. The Balaban J connectivity index is 1.63. The Hall–Kier alpha value is -3.91. The van der Waals surface area contributed by atoms with Crippen LogP contribution in [-0.2, 0) is 6.54 Å². The Bertz CT molecular complexity index is 1280. The van der Waals surface area contributed by atoms with Crippen molar-refractivity contribution in [1.29, 1.82) is 0 Å². The minimum atomic E-state index is -0.156. The van der Waals surface area contributed by atoms with Crippen molar-refractivity contribution >= 4 is 23.0 Å². The highest BCUT2D eigenvalue weighted by atomic mass is 32.1. The van der Waals surface area contributed by atoms with E-state index in [2.05, 4.69) is 49.1 Å². The monoisotopic (exact) mass is 471 g/mol. The van der Waals surface area contributed by atoms with Gasteiger partial charge >= 0.3 is 0 Å². The summed E-state index contributed by atoms with van der Waals surface area (Å²) < 4.78 is 13.4. The van der Waals surface area contributed by atoms with Crippen LogP contribution in [0, 0.1) is 0 Å². The van der Waals surface area contributed by atoms with Crippen LogP contribution in [0.1, 0.15) is 29.0 Å². The summed E-state index contributed by atoms with van der Waals surface area (Å²) in [5.74, 6) is 1.40. The average molecular weight is 472 g/mol. The minimum absolute atomic E-state index is 0.150. The van der Waals surface area contributed by atoms with Crippen molar-refractivity contribution in [2.45, 2.75) is 18.6 Å². The summed E-state index contributed by atoms with van der Waals surface area (Å²) in [6.07, 6.45) is 7.57. The highest BCUT2D eigenvalue weighted by molar-refractivity contribution is 7.80. The van der Waals surface area contributed by atoms with Crippen molar-refractivity contribution in [3.05, 3.63) is 102 Å². The van der Waals surface area contributed by atoms with Crippen LogP contribution in [0.3, 0.4) is 0 Å². The first-order valence-corrected chi connectivity index (χ1v) is 11.4.